The van der Waals surface area contributed by atoms with Crippen LogP contribution in [-0.4, -0.2) is 27.6 Å². The van der Waals surface area contributed by atoms with Crippen molar-refractivity contribution in [2.24, 2.45) is 0 Å². The molecule has 0 radical (unpaired) electrons. The fourth-order valence-corrected chi connectivity index (χ4v) is 1.98. The van der Waals surface area contributed by atoms with Crippen molar-refractivity contribution in [1.29, 1.82) is 0 Å². The molecule has 21 heavy (non-hydrogen) atoms. The van der Waals surface area contributed by atoms with Crippen LogP contribution in [0.5, 0.6) is 0 Å². The highest BCUT2D eigenvalue weighted by Gasteiger charge is 2.14. The van der Waals surface area contributed by atoms with Gasteiger partial charge in [0.05, 0.1) is 6.20 Å². The highest BCUT2D eigenvalue weighted by atomic mass is 16.4. The Labute approximate surface area is 124 Å². The minimum Gasteiger partial charge on any atom is -0.465 e. The van der Waals surface area contributed by atoms with E-state index in [0.29, 0.717) is 25.4 Å². The van der Waals surface area contributed by atoms with Crippen molar-refractivity contribution in [1.82, 2.24) is 9.88 Å². The van der Waals surface area contributed by atoms with Gasteiger partial charge in [-0.25, -0.2) is 9.78 Å². The van der Waals surface area contributed by atoms with E-state index >= 15 is 0 Å². The van der Waals surface area contributed by atoms with Gasteiger partial charge in [-0.2, -0.15) is 0 Å². The van der Waals surface area contributed by atoms with E-state index in [9.17, 15) is 9.90 Å². The van der Waals surface area contributed by atoms with Crippen LogP contribution in [0.25, 0.3) is 0 Å². The lowest BCUT2D eigenvalue weighted by atomic mass is 10.2. The minimum absolute atomic E-state index is 0.283. The molecule has 0 spiro atoms. The van der Waals surface area contributed by atoms with Crippen molar-refractivity contribution in [3.05, 3.63) is 53.7 Å². The Hall–Kier alpha value is -2.30. The molecule has 0 aliphatic heterocycles. The Balaban J connectivity index is 1.95. The second kappa shape index (κ2) is 6.92. The van der Waals surface area contributed by atoms with Gasteiger partial charge in [0.25, 0.3) is 0 Å². The van der Waals surface area contributed by atoms with E-state index < -0.39 is 6.09 Å². The zero-order valence-electron chi connectivity index (χ0n) is 12.3. The Morgan fingerprint density at radius 1 is 1.33 bits per heavy atom. The summed E-state index contributed by atoms with van der Waals surface area (Å²) in [5.41, 5.74) is 0.968. The van der Waals surface area contributed by atoms with Crippen molar-refractivity contribution < 1.29 is 14.3 Å². The van der Waals surface area contributed by atoms with Crippen molar-refractivity contribution >= 4 is 6.09 Å². The van der Waals surface area contributed by atoms with E-state index in [0.717, 1.165) is 11.3 Å². The van der Waals surface area contributed by atoms with Crippen molar-refractivity contribution in [3.8, 4) is 0 Å². The predicted octanol–water partition coefficient (Wildman–Crippen LogP) is 3.52. The van der Waals surface area contributed by atoms with E-state index in [-0.39, 0.29) is 5.92 Å². The molecule has 1 heterocycles. The number of aromatic nitrogens is 1. The normalized spacial score (nSPS) is 10.8. The van der Waals surface area contributed by atoms with Crippen LogP contribution in [0.15, 0.2) is 40.9 Å². The molecule has 0 atom stereocenters. The van der Waals surface area contributed by atoms with Gasteiger partial charge in [-0.3, -0.25) is 0 Å². The molecule has 2 rings (SSSR count). The van der Waals surface area contributed by atoms with Crippen LogP contribution >= 0.6 is 0 Å². The summed E-state index contributed by atoms with van der Waals surface area (Å²) in [6.45, 7) is 4.79. The van der Waals surface area contributed by atoms with Crippen LogP contribution in [0.4, 0.5) is 4.79 Å². The summed E-state index contributed by atoms with van der Waals surface area (Å²) < 4.78 is 5.59. The van der Waals surface area contributed by atoms with Gasteiger partial charge in [-0.15, -0.1) is 0 Å². The van der Waals surface area contributed by atoms with Gasteiger partial charge in [0, 0.05) is 25.4 Å². The third kappa shape index (κ3) is 4.34. The van der Waals surface area contributed by atoms with Crippen molar-refractivity contribution in [2.45, 2.75) is 32.7 Å². The molecule has 0 fully saturated rings. The van der Waals surface area contributed by atoms with Gasteiger partial charge >= 0.3 is 6.09 Å². The molecule has 0 aliphatic carbocycles. The van der Waals surface area contributed by atoms with Crippen LogP contribution in [-0.2, 0) is 13.0 Å². The first-order chi connectivity index (χ1) is 10.1. The molecule has 1 aromatic heterocycles. The van der Waals surface area contributed by atoms with E-state index in [2.05, 4.69) is 4.98 Å². The maximum atomic E-state index is 11.3. The average Bonchev–Trinajstić information content (AvgIpc) is 2.93. The number of nitrogens with zero attached hydrogens (tertiary/aromatic N) is 2. The molecule has 0 saturated carbocycles. The number of benzene rings is 1. The standard InChI is InChI=1S/C16H20N2O3/c1-12(2)14-10-17-15(21-14)8-9-18(16(19)20)11-13-6-4-3-5-7-13/h3-7,10,12H,8-9,11H2,1-2H3,(H,19,20). The largest absolute Gasteiger partial charge is 0.465 e. The maximum Gasteiger partial charge on any atom is 0.407 e. The molecule has 2 aromatic rings. The van der Waals surface area contributed by atoms with Crippen LogP contribution in [0.3, 0.4) is 0 Å². The molecule has 0 unspecified atom stereocenters. The number of oxazole rings is 1. The molecule has 1 amide bonds. The summed E-state index contributed by atoms with van der Waals surface area (Å²) in [4.78, 5) is 16.9. The van der Waals surface area contributed by atoms with E-state index in [1.54, 1.807) is 6.20 Å². The molecule has 112 valence electrons. The number of carbonyl (C=O) groups is 1. The van der Waals surface area contributed by atoms with E-state index in [1.165, 1.54) is 4.90 Å². The quantitative estimate of drug-likeness (QED) is 0.883. The topological polar surface area (TPSA) is 66.6 Å². The SMILES string of the molecule is CC(C)c1cnc(CCN(Cc2ccccc2)C(=O)O)o1. The van der Waals surface area contributed by atoms with Gasteiger partial charge in [-0.1, -0.05) is 44.2 Å². The summed E-state index contributed by atoms with van der Waals surface area (Å²) in [7, 11) is 0. The Bertz CT molecular complexity index is 578. The molecule has 1 N–H and O–H groups in total. The van der Waals surface area contributed by atoms with Gasteiger partial charge in [-0.05, 0) is 5.56 Å². The third-order valence-electron chi connectivity index (χ3n) is 3.22. The third-order valence-corrected chi connectivity index (χ3v) is 3.22. The second-order valence-corrected chi connectivity index (χ2v) is 5.25. The summed E-state index contributed by atoms with van der Waals surface area (Å²) >= 11 is 0. The minimum atomic E-state index is -0.936. The van der Waals surface area contributed by atoms with Gasteiger partial charge in [0.2, 0.25) is 0 Å². The van der Waals surface area contributed by atoms with E-state index in [4.69, 9.17) is 4.42 Å². The molecule has 0 aliphatic rings. The summed E-state index contributed by atoms with van der Waals surface area (Å²) in [5.74, 6) is 1.69. The highest BCUT2D eigenvalue weighted by molar-refractivity contribution is 5.65. The molecular weight excluding hydrogens is 268 g/mol. The van der Waals surface area contributed by atoms with Gasteiger partial charge in [0.1, 0.15) is 5.76 Å². The first-order valence-corrected chi connectivity index (χ1v) is 7.02. The van der Waals surface area contributed by atoms with Gasteiger partial charge < -0.3 is 14.4 Å². The smallest absolute Gasteiger partial charge is 0.407 e. The van der Waals surface area contributed by atoms with E-state index in [1.807, 2.05) is 44.2 Å². The Morgan fingerprint density at radius 2 is 2.05 bits per heavy atom. The lowest BCUT2D eigenvalue weighted by Crippen LogP contribution is -2.31. The van der Waals surface area contributed by atoms with Crippen LogP contribution in [0.2, 0.25) is 0 Å². The van der Waals surface area contributed by atoms with Crippen LogP contribution in [0, 0.1) is 0 Å². The van der Waals surface area contributed by atoms with Crippen LogP contribution < -0.4 is 0 Å². The lowest BCUT2D eigenvalue weighted by molar-refractivity contribution is 0.142. The Morgan fingerprint density at radius 3 is 2.62 bits per heavy atom. The molecule has 0 saturated heterocycles. The number of hydrogen-bond donors (Lipinski definition) is 1. The highest BCUT2D eigenvalue weighted by Crippen LogP contribution is 2.15. The number of carboxylic acid groups (broad SMARTS) is 1. The number of amides is 1. The van der Waals surface area contributed by atoms with Crippen molar-refractivity contribution in [2.75, 3.05) is 6.54 Å². The summed E-state index contributed by atoms with van der Waals surface area (Å²) in [5, 5.41) is 9.28. The summed E-state index contributed by atoms with van der Waals surface area (Å²) in [6, 6.07) is 9.54. The molecule has 0 bridgehead atoms. The second-order valence-electron chi connectivity index (χ2n) is 5.25. The first-order valence-electron chi connectivity index (χ1n) is 7.02. The molecule has 5 nitrogen and oxygen atoms in total. The monoisotopic (exact) mass is 288 g/mol. The van der Waals surface area contributed by atoms with Gasteiger partial charge in [0.15, 0.2) is 5.89 Å². The zero-order valence-corrected chi connectivity index (χ0v) is 12.3. The number of hydrogen-bond acceptors (Lipinski definition) is 3. The lowest BCUT2D eigenvalue weighted by Gasteiger charge is -2.18. The van der Waals surface area contributed by atoms with Crippen LogP contribution in [0.1, 0.15) is 37.0 Å². The maximum absolute atomic E-state index is 11.3. The average molecular weight is 288 g/mol. The molecular formula is C16H20N2O3. The zero-order chi connectivity index (χ0) is 15.2. The molecule has 1 aromatic carbocycles. The molecule has 5 heteroatoms. The summed E-state index contributed by atoms with van der Waals surface area (Å²) in [6.07, 6.45) is 1.25. The first kappa shape index (κ1) is 15.1. The van der Waals surface area contributed by atoms with Crippen molar-refractivity contribution in [3.63, 3.8) is 0 Å². The predicted molar refractivity (Wildman–Crippen MR) is 79.2 cm³/mol. The number of rotatable bonds is 6. The fourth-order valence-electron chi connectivity index (χ4n) is 1.98. The fraction of sp³-hybridized carbons (Fsp3) is 0.375. The Kier molecular flexibility index (Phi) is 4.98.